The summed E-state index contributed by atoms with van der Waals surface area (Å²) in [7, 11) is 3.19. The Morgan fingerprint density at radius 3 is 1.44 bits per heavy atom. The third kappa shape index (κ3) is 12.2. The fourth-order valence-electron chi connectivity index (χ4n) is 2.60. The van der Waals surface area contributed by atoms with E-state index < -0.39 is 12.2 Å². The van der Waals surface area contributed by atoms with Crippen LogP contribution in [0.4, 0.5) is 0 Å². The molecular formula is C22H34Cl2N2O6. The molecule has 0 bridgehead atoms. The Kier molecular flexibility index (Phi) is 16.5. The van der Waals surface area contributed by atoms with Crippen molar-refractivity contribution in [2.45, 2.75) is 12.2 Å². The summed E-state index contributed by atoms with van der Waals surface area (Å²) in [6.07, 6.45) is -1.25. The van der Waals surface area contributed by atoms with Gasteiger partial charge in [0.1, 0.15) is 48.4 Å². The summed E-state index contributed by atoms with van der Waals surface area (Å²) in [6.45, 7) is 2.50. The van der Waals surface area contributed by atoms with E-state index in [-0.39, 0.29) is 38.0 Å². The normalized spacial score (nSPS) is 12.0. The van der Waals surface area contributed by atoms with Gasteiger partial charge in [-0.15, -0.1) is 24.8 Å². The van der Waals surface area contributed by atoms with Crippen LogP contribution in [0.5, 0.6) is 23.0 Å². The van der Waals surface area contributed by atoms with Crippen molar-refractivity contribution in [3.05, 3.63) is 48.5 Å². The maximum Gasteiger partial charge on any atom is 0.123 e. The molecule has 2 rings (SSSR count). The van der Waals surface area contributed by atoms with Crippen molar-refractivity contribution in [1.82, 2.24) is 10.6 Å². The van der Waals surface area contributed by atoms with Crippen LogP contribution >= 0.6 is 24.8 Å². The molecule has 32 heavy (non-hydrogen) atoms. The fraction of sp³-hybridized carbons (Fsp3) is 0.455. The zero-order valence-electron chi connectivity index (χ0n) is 18.4. The minimum Gasteiger partial charge on any atom is -0.497 e. The van der Waals surface area contributed by atoms with Gasteiger partial charge in [0.05, 0.1) is 14.2 Å². The highest BCUT2D eigenvalue weighted by Crippen LogP contribution is 2.19. The predicted molar refractivity (Wildman–Crippen MR) is 129 cm³/mol. The van der Waals surface area contributed by atoms with E-state index in [0.29, 0.717) is 49.2 Å². The maximum atomic E-state index is 9.99. The first kappa shape index (κ1) is 30.1. The largest absolute Gasteiger partial charge is 0.497 e. The summed E-state index contributed by atoms with van der Waals surface area (Å²) in [6, 6.07) is 14.5. The third-order valence-corrected chi connectivity index (χ3v) is 4.21. The van der Waals surface area contributed by atoms with Gasteiger partial charge in [-0.3, -0.25) is 0 Å². The van der Waals surface area contributed by atoms with Crippen LogP contribution < -0.4 is 29.6 Å². The molecule has 0 amide bonds. The first-order valence-corrected chi connectivity index (χ1v) is 9.92. The number of halogens is 2. The van der Waals surface area contributed by atoms with E-state index in [1.807, 2.05) is 36.4 Å². The van der Waals surface area contributed by atoms with Gasteiger partial charge in [-0.05, 0) is 24.3 Å². The van der Waals surface area contributed by atoms with Crippen molar-refractivity contribution in [2.75, 3.05) is 53.6 Å². The number of rotatable bonds is 15. The molecule has 2 atom stereocenters. The van der Waals surface area contributed by atoms with Crippen LogP contribution in [0.1, 0.15) is 0 Å². The number of hydrogen-bond donors (Lipinski definition) is 4. The van der Waals surface area contributed by atoms with Gasteiger partial charge in [0.15, 0.2) is 0 Å². The van der Waals surface area contributed by atoms with Gasteiger partial charge < -0.3 is 39.8 Å². The van der Waals surface area contributed by atoms with Gasteiger partial charge in [-0.2, -0.15) is 0 Å². The Morgan fingerprint density at radius 2 is 1.06 bits per heavy atom. The summed E-state index contributed by atoms with van der Waals surface area (Å²) < 4.78 is 21.4. The lowest BCUT2D eigenvalue weighted by atomic mass is 10.3. The molecule has 2 aromatic carbocycles. The highest BCUT2D eigenvalue weighted by Gasteiger charge is 2.07. The number of methoxy groups -OCH3 is 2. The van der Waals surface area contributed by atoms with Gasteiger partial charge in [-0.25, -0.2) is 0 Å². The van der Waals surface area contributed by atoms with Gasteiger partial charge in [0, 0.05) is 38.3 Å². The van der Waals surface area contributed by atoms with Crippen molar-refractivity contribution >= 4 is 24.8 Å². The van der Waals surface area contributed by atoms with E-state index in [2.05, 4.69) is 10.6 Å². The van der Waals surface area contributed by atoms with E-state index >= 15 is 0 Å². The van der Waals surface area contributed by atoms with Gasteiger partial charge in [0.2, 0.25) is 0 Å². The van der Waals surface area contributed by atoms with Crippen molar-refractivity contribution in [3.63, 3.8) is 0 Å². The molecule has 0 spiro atoms. The zero-order valence-corrected chi connectivity index (χ0v) is 20.0. The third-order valence-electron chi connectivity index (χ3n) is 4.21. The van der Waals surface area contributed by atoms with E-state index in [1.165, 1.54) is 0 Å². The Hall–Kier alpha value is -1.94. The molecule has 182 valence electrons. The van der Waals surface area contributed by atoms with E-state index in [9.17, 15) is 10.2 Å². The first-order chi connectivity index (χ1) is 14.6. The number of nitrogens with one attached hydrogen (secondary N) is 2. The Balaban J connectivity index is 0.00000480. The minimum atomic E-state index is -0.627. The highest BCUT2D eigenvalue weighted by molar-refractivity contribution is 5.85. The standard InChI is InChI=1S/C22H32N2O6.2ClH/c1-27-19-5-3-7-21(11-19)29-15-17(25)13-23-9-10-24-14-18(26)16-30-22-8-4-6-20(12-22)28-2;;/h3-8,11-12,17-18,23-26H,9-10,13-16H2,1-2H3;2*1H. The molecule has 0 heterocycles. The molecule has 8 nitrogen and oxygen atoms in total. The molecule has 0 aliphatic heterocycles. The Labute approximate surface area is 202 Å². The monoisotopic (exact) mass is 492 g/mol. The molecule has 0 saturated heterocycles. The molecule has 4 N–H and O–H groups in total. The van der Waals surface area contributed by atoms with Gasteiger partial charge in [0.25, 0.3) is 0 Å². The summed E-state index contributed by atoms with van der Waals surface area (Å²) in [5.41, 5.74) is 0. The fourth-order valence-corrected chi connectivity index (χ4v) is 2.60. The van der Waals surface area contributed by atoms with Crippen molar-refractivity contribution in [1.29, 1.82) is 0 Å². The van der Waals surface area contributed by atoms with Crippen molar-refractivity contribution in [2.24, 2.45) is 0 Å². The van der Waals surface area contributed by atoms with Crippen molar-refractivity contribution < 1.29 is 29.2 Å². The van der Waals surface area contributed by atoms with E-state index in [0.717, 1.165) is 0 Å². The van der Waals surface area contributed by atoms with E-state index in [1.54, 1.807) is 26.4 Å². The van der Waals surface area contributed by atoms with E-state index in [4.69, 9.17) is 18.9 Å². The lowest BCUT2D eigenvalue weighted by molar-refractivity contribution is 0.103. The highest BCUT2D eigenvalue weighted by atomic mass is 35.5. The number of aliphatic hydroxyl groups is 2. The molecule has 0 aliphatic rings. The number of hydrogen-bond acceptors (Lipinski definition) is 8. The van der Waals surface area contributed by atoms with Crippen molar-refractivity contribution in [3.8, 4) is 23.0 Å². The smallest absolute Gasteiger partial charge is 0.123 e. The lowest BCUT2D eigenvalue weighted by Gasteiger charge is -2.15. The molecule has 0 radical (unpaired) electrons. The second-order valence-electron chi connectivity index (χ2n) is 6.70. The Bertz CT molecular complexity index is 680. The van der Waals surface area contributed by atoms with Crippen LogP contribution in [0.2, 0.25) is 0 Å². The molecule has 0 fully saturated rings. The molecule has 10 heteroatoms. The predicted octanol–water partition coefficient (Wildman–Crippen LogP) is 1.91. The molecule has 0 saturated carbocycles. The SMILES string of the molecule is COc1cccc(OCC(O)CNCCNCC(O)COc2cccc(OC)c2)c1.Cl.Cl. The van der Waals surface area contributed by atoms with Crippen LogP contribution in [-0.2, 0) is 0 Å². The number of aliphatic hydroxyl groups excluding tert-OH is 2. The summed E-state index contributed by atoms with van der Waals surface area (Å²) in [4.78, 5) is 0. The van der Waals surface area contributed by atoms with Crippen LogP contribution in [0.15, 0.2) is 48.5 Å². The Morgan fingerprint density at radius 1 is 0.688 bits per heavy atom. The molecular weight excluding hydrogens is 459 g/mol. The maximum absolute atomic E-state index is 9.99. The molecule has 2 aromatic rings. The summed E-state index contributed by atoms with van der Waals surface area (Å²) in [5, 5.41) is 26.3. The number of benzene rings is 2. The average Bonchev–Trinajstić information content (AvgIpc) is 2.78. The second-order valence-corrected chi connectivity index (χ2v) is 6.70. The number of ether oxygens (including phenoxy) is 4. The van der Waals surface area contributed by atoms with Crippen LogP contribution in [0, 0.1) is 0 Å². The molecule has 2 unspecified atom stereocenters. The first-order valence-electron chi connectivity index (χ1n) is 9.92. The van der Waals surface area contributed by atoms with Crippen LogP contribution in [-0.4, -0.2) is 76.0 Å². The second kappa shape index (κ2) is 17.6. The molecule has 0 aliphatic carbocycles. The van der Waals surface area contributed by atoms with Gasteiger partial charge >= 0.3 is 0 Å². The summed E-state index contributed by atoms with van der Waals surface area (Å²) >= 11 is 0. The topological polar surface area (TPSA) is 101 Å². The van der Waals surface area contributed by atoms with Gasteiger partial charge in [-0.1, -0.05) is 12.1 Å². The quantitative estimate of drug-likeness (QED) is 0.279. The van der Waals surface area contributed by atoms with Crippen LogP contribution in [0.3, 0.4) is 0 Å². The lowest BCUT2D eigenvalue weighted by Crippen LogP contribution is -2.38. The zero-order chi connectivity index (χ0) is 21.6. The summed E-state index contributed by atoms with van der Waals surface area (Å²) in [5.74, 6) is 2.73. The van der Waals surface area contributed by atoms with Crippen LogP contribution in [0.25, 0.3) is 0 Å². The minimum absolute atomic E-state index is 0. The average molecular weight is 493 g/mol. The molecule has 0 aromatic heterocycles.